The molecule has 1 N–H and O–H groups in total. The topological polar surface area (TPSA) is 61.9 Å². The number of nitrogens with one attached hydrogen (secondary N) is 1. The monoisotopic (exact) mass is 353 g/mol. The van der Waals surface area contributed by atoms with Crippen molar-refractivity contribution in [1.29, 1.82) is 0 Å². The zero-order valence-electron chi connectivity index (χ0n) is 14.9. The maximum absolute atomic E-state index is 12.2. The van der Waals surface area contributed by atoms with E-state index >= 15 is 0 Å². The summed E-state index contributed by atoms with van der Waals surface area (Å²) < 4.78 is 5.62. The third kappa shape index (κ3) is 4.83. The molecular weight excluding hydrogens is 330 g/mol. The summed E-state index contributed by atoms with van der Waals surface area (Å²) >= 11 is 0. The van der Waals surface area contributed by atoms with E-state index in [0.717, 1.165) is 26.2 Å². The van der Waals surface area contributed by atoms with Crippen LogP contribution in [-0.2, 0) is 4.79 Å². The van der Waals surface area contributed by atoms with Gasteiger partial charge in [0.15, 0.2) is 6.61 Å². The van der Waals surface area contributed by atoms with Crippen LogP contribution in [0.15, 0.2) is 54.6 Å². The number of hydrogen-bond donors (Lipinski definition) is 1. The maximum atomic E-state index is 12.2. The Morgan fingerprint density at radius 2 is 1.73 bits per heavy atom. The van der Waals surface area contributed by atoms with Gasteiger partial charge >= 0.3 is 0 Å². The van der Waals surface area contributed by atoms with E-state index in [9.17, 15) is 9.59 Å². The van der Waals surface area contributed by atoms with Crippen LogP contribution in [0.2, 0.25) is 0 Å². The molecule has 0 spiro atoms. The third-order valence-electron chi connectivity index (χ3n) is 4.35. The van der Waals surface area contributed by atoms with Gasteiger partial charge in [0.1, 0.15) is 5.75 Å². The first kappa shape index (κ1) is 17.9. The minimum atomic E-state index is -0.184. The molecular formula is C20H23N3O3. The normalized spacial score (nSPS) is 14.7. The SMILES string of the molecule is CN1CCN(C(=O)COc2cccc(NC(=O)c3ccccc3)c2)CC1. The van der Waals surface area contributed by atoms with Gasteiger partial charge in [0.05, 0.1) is 0 Å². The number of ether oxygens (including phenoxy) is 1. The van der Waals surface area contributed by atoms with E-state index in [1.54, 1.807) is 36.4 Å². The van der Waals surface area contributed by atoms with Gasteiger partial charge in [0.2, 0.25) is 0 Å². The molecule has 1 saturated heterocycles. The molecule has 0 bridgehead atoms. The van der Waals surface area contributed by atoms with Crippen molar-refractivity contribution in [2.45, 2.75) is 0 Å². The highest BCUT2D eigenvalue weighted by Crippen LogP contribution is 2.18. The Bertz CT molecular complexity index is 756. The first-order chi connectivity index (χ1) is 12.6. The van der Waals surface area contributed by atoms with Crippen molar-refractivity contribution in [3.63, 3.8) is 0 Å². The molecule has 1 aliphatic rings. The van der Waals surface area contributed by atoms with Crippen molar-refractivity contribution in [3.8, 4) is 5.75 Å². The van der Waals surface area contributed by atoms with Gasteiger partial charge in [-0.25, -0.2) is 0 Å². The second-order valence-electron chi connectivity index (χ2n) is 6.32. The molecule has 2 amide bonds. The second-order valence-corrected chi connectivity index (χ2v) is 6.32. The summed E-state index contributed by atoms with van der Waals surface area (Å²) in [4.78, 5) is 28.5. The molecule has 6 heteroatoms. The molecule has 6 nitrogen and oxygen atoms in total. The predicted molar refractivity (Wildman–Crippen MR) is 100 cm³/mol. The van der Waals surface area contributed by atoms with E-state index in [2.05, 4.69) is 10.2 Å². The second kappa shape index (κ2) is 8.49. The van der Waals surface area contributed by atoms with Crippen LogP contribution in [0.4, 0.5) is 5.69 Å². The molecule has 0 saturated carbocycles. The largest absolute Gasteiger partial charge is 0.484 e. The lowest BCUT2D eigenvalue weighted by molar-refractivity contribution is -0.134. The van der Waals surface area contributed by atoms with Gasteiger partial charge in [-0.2, -0.15) is 0 Å². The van der Waals surface area contributed by atoms with E-state index < -0.39 is 0 Å². The number of hydrogen-bond acceptors (Lipinski definition) is 4. The number of anilines is 1. The van der Waals surface area contributed by atoms with Crippen LogP contribution in [-0.4, -0.2) is 61.4 Å². The summed E-state index contributed by atoms with van der Waals surface area (Å²) in [6.45, 7) is 3.22. The maximum Gasteiger partial charge on any atom is 0.260 e. The average Bonchev–Trinajstić information content (AvgIpc) is 2.67. The number of piperazine rings is 1. The minimum Gasteiger partial charge on any atom is -0.484 e. The summed E-state index contributed by atoms with van der Waals surface area (Å²) in [5.74, 6) is 0.353. The van der Waals surface area contributed by atoms with Gasteiger partial charge in [-0.1, -0.05) is 24.3 Å². The zero-order chi connectivity index (χ0) is 18.4. The third-order valence-corrected chi connectivity index (χ3v) is 4.35. The summed E-state index contributed by atoms with van der Waals surface area (Å²) in [7, 11) is 2.05. The van der Waals surface area contributed by atoms with Gasteiger partial charge in [-0.3, -0.25) is 9.59 Å². The molecule has 26 heavy (non-hydrogen) atoms. The number of benzene rings is 2. The summed E-state index contributed by atoms with van der Waals surface area (Å²) in [6.07, 6.45) is 0. The molecule has 0 unspecified atom stereocenters. The lowest BCUT2D eigenvalue weighted by Crippen LogP contribution is -2.48. The lowest BCUT2D eigenvalue weighted by atomic mass is 10.2. The molecule has 0 aromatic heterocycles. The lowest BCUT2D eigenvalue weighted by Gasteiger charge is -2.32. The summed E-state index contributed by atoms with van der Waals surface area (Å²) in [5, 5.41) is 2.83. The fourth-order valence-electron chi connectivity index (χ4n) is 2.75. The predicted octanol–water partition coefficient (Wildman–Crippen LogP) is 2.09. The molecule has 0 aliphatic carbocycles. The average molecular weight is 353 g/mol. The smallest absolute Gasteiger partial charge is 0.260 e. The fraction of sp³-hybridized carbons (Fsp3) is 0.300. The van der Waals surface area contributed by atoms with Gasteiger partial charge < -0.3 is 19.9 Å². The molecule has 0 atom stereocenters. The Kier molecular flexibility index (Phi) is 5.86. The van der Waals surface area contributed by atoms with Crippen molar-refractivity contribution < 1.29 is 14.3 Å². The van der Waals surface area contributed by atoms with E-state index in [-0.39, 0.29) is 18.4 Å². The van der Waals surface area contributed by atoms with Crippen molar-refractivity contribution in [2.75, 3.05) is 45.2 Å². The van der Waals surface area contributed by atoms with Crippen LogP contribution in [0.25, 0.3) is 0 Å². The van der Waals surface area contributed by atoms with Crippen LogP contribution in [0, 0.1) is 0 Å². The van der Waals surface area contributed by atoms with Gasteiger partial charge in [-0.15, -0.1) is 0 Å². The van der Waals surface area contributed by atoms with Gasteiger partial charge in [0, 0.05) is 43.5 Å². The zero-order valence-corrected chi connectivity index (χ0v) is 14.9. The van der Waals surface area contributed by atoms with E-state index in [4.69, 9.17) is 4.74 Å². The van der Waals surface area contributed by atoms with Crippen LogP contribution in [0.1, 0.15) is 10.4 Å². The van der Waals surface area contributed by atoms with Crippen molar-refractivity contribution in [3.05, 3.63) is 60.2 Å². The first-order valence-corrected chi connectivity index (χ1v) is 8.67. The number of carbonyl (C=O) groups is 2. The van der Waals surface area contributed by atoms with Crippen molar-refractivity contribution >= 4 is 17.5 Å². The van der Waals surface area contributed by atoms with E-state index in [1.807, 2.05) is 30.1 Å². The fourth-order valence-corrected chi connectivity index (χ4v) is 2.75. The highest BCUT2D eigenvalue weighted by molar-refractivity contribution is 6.04. The van der Waals surface area contributed by atoms with E-state index in [1.165, 1.54) is 0 Å². The van der Waals surface area contributed by atoms with Crippen LogP contribution in [0.3, 0.4) is 0 Å². The minimum absolute atomic E-state index is 0.000199. The number of rotatable bonds is 5. The first-order valence-electron chi connectivity index (χ1n) is 8.67. The number of amides is 2. The Hall–Kier alpha value is -2.86. The molecule has 1 aliphatic heterocycles. The molecule has 2 aromatic carbocycles. The van der Waals surface area contributed by atoms with Crippen LogP contribution >= 0.6 is 0 Å². The molecule has 0 radical (unpaired) electrons. The number of nitrogens with zero attached hydrogens (tertiary/aromatic N) is 2. The Labute approximate surface area is 153 Å². The van der Waals surface area contributed by atoms with E-state index in [0.29, 0.717) is 17.0 Å². The van der Waals surface area contributed by atoms with Crippen LogP contribution < -0.4 is 10.1 Å². The van der Waals surface area contributed by atoms with Gasteiger partial charge in [0.25, 0.3) is 11.8 Å². The Morgan fingerprint density at radius 1 is 1.00 bits per heavy atom. The van der Waals surface area contributed by atoms with Gasteiger partial charge in [-0.05, 0) is 31.3 Å². The highest BCUT2D eigenvalue weighted by Gasteiger charge is 2.19. The molecule has 1 fully saturated rings. The number of carbonyl (C=O) groups excluding carboxylic acids is 2. The standard InChI is InChI=1S/C20H23N3O3/c1-22-10-12-23(13-11-22)19(24)15-26-18-9-5-8-17(14-18)21-20(25)16-6-3-2-4-7-16/h2-9,14H,10-13,15H2,1H3,(H,21,25). The highest BCUT2D eigenvalue weighted by atomic mass is 16.5. The van der Waals surface area contributed by atoms with Crippen molar-refractivity contribution in [2.24, 2.45) is 0 Å². The molecule has 136 valence electrons. The Morgan fingerprint density at radius 3 is 2.46 bits per heavy atom. The molecule has 2 aromatic rings. The van der Waals surface area contributed by atoms with Crippen LogP contribution in [0.5, 0.6) is 5.75 Å². The van der Waals surface area contributed by atoms with Crippen molar-refractivity contribution in [1.82, 2.24) is 9.80 Å². The summed E-state index contributed by atoms with van der Waals surface area (Å²) in [6, 6.07) is 16.1. The quantitative estimate of drug-likeness (QED) is 0.894. The molecule has 3 rings (SSSR count). The molecule has 1 heterocycles. The summed E-state index contributed by atoms with van der Waals surface area (Å²) in [5.41, 5.74) is 1.22. The number of likely N-dealkylation sites (N-methyl/N-ethyl adjacent to an activating group) is 1. The Balaban J connectivity index is 1.54.